The first-order chi connectivity index (χ1) is 5.49. The maximum absolute atomic E-state index is 5.83. The lowest BCUT2D eigenvalue weighted by Crippen LogP contribution is -2.32. The second-order valence-electron chi connectivity index (χ2n) is 3.06. The summed E-state index contributed by atoms with van der Waals surface area (Å²) >= 11 is 7.34. The van der Waals surface area contributed by atoms with Gasteiger partial charge in [0.05, 0.1) is 0 Å². The Labute approximate surface area is 86.8 Å². The Kier molecular flexibility index (Phi) is 6.98. The molecule has 0 N–H and O–H groups in total. The molecule has 2 unspecified atom stereocenters. The number of nitrogens with zero attached hydrogens (tertiary/aromatic N) is 1. The van der Waals surface area contributed by atoms with Crippen molar-refractivity contribution in [3.63, 3.8) is 0 Å². The molecule has 74 valence electrons. The van der Waals surface area contributed by atoms with Gasteiger partial charge in [0.2, 0.25) is 0 Å². The highest BCUT2D eigenvalue weighted by Gasteiger charge is 2.17. The molecule has 0 saturated heterocycles. The van der Waals surface area contributed by atoms with Crippen LogP contribution in [0.2, 0.25) is 0 Å². The largest absolute Gasteiger partial charge is 0.336 e. The lowest BCUT2D eigenvalue weighted by Gasteiger charge is -2.30. The zero-order chi connectivity index (χ0) is 9.72. The molecule has 0 aromatic heterocycles. The second kappa shape index (κ2) is 6.44. The number of alkyl halides is 1. The van der Waals surface area contributed by atoms with Gasteiger partial charge in [-0.1, -0.05) is 11.6 Å². The average molecular weight is 230 g/mol. The predicted octanol–water partition coefficient (Wildman–Crippen LogP) is 3.08. The van der Waals surface area contributed by atoms with Crippen LogP contribution in [0, 0.1) is 0 Å². The fraction of sp³-hybridized carbons (Fsp3) is 1.00. The van der Waals surface area contributed by atoms with Gasteiger partial charge in [0.25, 0.3) is 0 Å². The molecular formula is C7H17ClNOPS. The molecule has 0 saturated carbocycles. The smallest absolute Gasteiger partial charge is 0.194 e. The third-order valence-corrected chi connectivity index (χ3v) is 3.68. The van der Waals surface area contributed by atoms with Gasteiger partial charge in [-0.2, -0.15) is 0 Å². The van der Waals surface area contributed by atoms with Crippen LogP contribution >= 0.6 is 33.0 Å². The molecule has 0 aromatic carbocycles. The minimum Gasteiger partial charge on any atom is -0.336 e. The summed E-state index contributed by atoms with van der Waals surface area (Å²) in [5.41, 5.74) is 0. The van der Waals surface area contributed by atoms with E-state index >= 15 is 0 Å². The highest BCUT2D eigenvalue weighted by molar-refractivity contribution is 7.98. The first-order valence-electron chi connectivity index (χ1n) is 3.93. The highest BCUT2D eigenvalue weighted by Crippen LogP contribution is 2.27. The molecule has 0 radical (unpaired) electrons. The maximum atomic E-state index is 5.83. The Morgan fingerprint density at radius 3 is 1.92 bits per heavy atom. The Morgan fingerprint density at radius 2 is 1.67 bits per heavy atom. The van der Waals surface area contributed by atoms with Crippen LogP contribution in [0.25, 0.3) is 0 Å². The average Bonchev–Trinajstić information content (AvgIpc) is 1.98. The van der Waals surface area contributed by atoms with Crippen LogP contribution in [-0.4, -0.2) is 21.3 Å². The molecule has 0 aromatic rings. The number of rotatable bonds is 5. The molecule has 0 spiro atoms. The van der Waals surface area contributed by atoms with Crippen LogP contribution in [-0.2, 0) is 4.52 Å². The van der Waals surface area contributed by atoms with Gasteiger partial charge in [-0.25, -0.2) is 4.31 Å². The number of hydrogen-bond acceptors (Lipinski definition) is 3. The highest BCUT2D eigenvalue weighted by atomic mass is 35.5. The molecule has 0 aliphatic carbocycles. The molecule has 12 heavy (non-hydrogen) atoms. The number of hydrogen-bond donors (Lipinski definition) is 0. The van der Waals surface area contributed by atoms with Crippen LogP contribution in [0.15, 0.2) is 0 Å². The summed E-state index contributed by atoms with van der Waals surface area (Å²) in [6.45, 7) is 8.55. The van der Waals surface area contributed by atoms with E-state index in [2.05, 4.69) is 41.5 Å². The Morgan fingerprint density at radius 1 is 1.25 bits per heavy atom. The van der Waals surface area contributed by atoms with Gasteiger partial charge in [0, 0.05) is 21.6 Å². The van der Waals surface area contributed by atoms with E-state index in [1.54, 1.807) is 0 Å². The molecule has 5 heteroatoms. The molecule has 0 fully saturated rings. The van der Waals surface area contributed by atoms with Crippen molar-refractivity contribution in [2.24, 2.45) is 0 Å². The summed E-state index contributed by atoms with van der Waals surface area (Å²) in [6.07, 6.45) is 0. The van der Waals surface area contributed by atoms with Crippen molar-refractivity contribution in [3.05, 3.63) is 0 Å². The van der Waals surface area contributed by atoms with Crippen LogP contribution in [0.1, 0.15) is 27.7 Å². The molecule has 2 atom stereocenters. The summed E-state index contributed by atoms with van der Waals surface area (Å²) < 4.78 is 7.09. The summed E-state index contributed by atoms with van der Waals surface area (Å²) in [4.78, 5) is -0.320. The maximum Gasteiger partial charge on any atom is 0.194 e. The quantitative estimate of drug-likeness (QED) is 0.311. The summed E-state index contributed by atoms with van der Waals surface area (Å²) in [5, 5.41) is 0. The molecule has 0 rings (SSSR count). The van der Waals surface area contributed by atoms with E-state index in [1.807, 2.05) is 0 Å². The molecule has 2 nitrogen and oxygen atoms in total. The molecule has 0 aliphatic heterocycles. The van der Waals surface area contributed by atoms with E-state index in [0.29, 0.717) is 12.1 Å². The fourth-order valence-electron chi connectivity index (χ4n) is 0.960. The number of halogens is 1. The summed E-state index contributed by atoms with van der Waals surface area (Å²) in [5.74, 6) is 0. The molecule has 0 heterocycles. The molecule has 0 amide bonds. The minimum absolute atomic E-state index is 0.320. The van der Waals surface area contributed by atoms with Gasteiger partial charge >= 0.3 is 0 Å². The SMILES string of the molecule is CC(C)N(SC(Cl)OP)C(C)C. The Balaban J connectivity index is 3.95. The van der Waals surface area contributed by atoms with Gasteiger partial charge in [-0.3, -0.25) is 0 Å². The Bertz CT molecular complexity index is 118. The van der Waals surface area contributed by atoms with Crippen molar-refractivity contribution in [3.8, 4) is 0 Å². The van der Waals surface area contributed by atoms with Crippen molar-refractivity contribution in [2.45, 2.75) is 44.7 Å². The van der Waals surface area contributed by atoms with E-state index < -0.39 is 0 Å². The van der Waals surface area contributed by atoms with E-state index in [-0.39, 0.29) is 4.90 Å². The first kappa shape index (κ1) is 13.0. The predicted molar refractivity (Wildman–Crippen MR) is 60.1 cm³/mol. The normalized spacial score (nSPS) is 14.8. The van der Waals surface area contributed by atoms with Crippen molar-refractivity contribution >= 4 is 33.0 Å². The zero-order valence-corrected chi connectivity index (χ0v) is 10.7. The van der Waals surface area contributed by atoms with Crippen LogP contribution in [0.5, 0.6) is 0 Å². The lowest BCUT2D eigenvalue weighted by atomic mass is 10.3. The summed E-state index contributed by atoms with van der Waals surface area (Å²) in [6, 6.07) is 0.938. The van der Waals surface area contributed by atoms with Gasteiger partial charge in [-0.05, 0) is 39.6 Å². The summed E-state index contributed by atoms with van der Waals surface area (Å²) in [7, 11) is 2.17. The second-order valence-corrected chi connectivity index (χ2v) is 5.05. The zero-order valence-electron chi connectivity index (χ0n) is 7.95. The fourth-order valence-corrected chi connectivity index (χ4v) is 2.11. The van der Waals surface area contributed by atoms with Gasteiger partial charge in [-0.15, -0.1) is 0 Å². The van der Waals surface area contributed by atoms with E-state index in [1.165, 1.54) is 11.9 Å². The van der Waals surface area contributed by atoms with Crippen LogP contribution < -0.4 is 0 Å². The minimum atomic E-state index is -0.320. The lowest BCUT2D eigenvalue weighted by molar-refractivity contribution is 0.322. The van der Waals surface area contributed by atoms with Crippen molar-refractivity contribution in [1.29, 1.82) is 0 Å². The van der Waals surface area contributed by atoms with E-state index in [4.69, 9.17) is 16.1 Å². The first-order valence-corrected chi connectivity index (χ1v) is 5.68. The van der Waals surface area contributed by atoms with Gasteiger partial charge in [0.1, 0.15) is 0 Å². The van der Waals surface area contributed by atoms with Crippen molar-refractivity contribution < 1.29 is 4.52 Å². The van der Waals surface area contributed by atoms with E-state index in [9.17, 15) is 0 Å². The van der Waals surface area contributed by atoms with E-state index in [0.717, 1.165) is 0 Å². The molecular weight excluding hydrogens is 213 g/mol. The molecule has 0 aliphatic rings. The standard InChI is InChI=1S/C7H17ClNOPS/c1-5(2)9(6(3)4)12-7(8)10-11/h5-7H,11H2,1-4H3. The monoisotopic (exact) mass is 229 g/mol. The van der Waals surface area contributed by atoms with Gasteiger partial charge in [0.15, 0.2) is 4.90 Å². The van der Waals surface area contributed by atoms with Gasteiger partial charge < -0.3 is 4.52 Å². The third-order valence-electron chi connectivity index (χ3n) is 1.33. The van der Waals surface area contributed by atoms with Crippen LogP contribution in [0.4, 0.5) is 0 Å². The van der Waals surface area contributed by atoms with Crippen molar-refractivity contribution in [1.82, 2.24) is 4.31 Å². The van der Waals surface area contributed by atoms with Crippen LogP contribution in [0.3, 0.4) is 0 Å². The third kappa shape index (κ3) is 4.88. The topological polar surface area (TPSA) is 12.5 Å². The molecule has 0 bridgehead atoms. The Hall–Kier alpha value is 0.990. The van der Waals surface area contributed by atoms with Crippen molar-refractivity contribution in [2.75, 3.05) is 0 Å².